The molecule has 2 aliphatic heterocycles. The zero-order valence-corrected chi connectivity index (χ0v) is 18.7. The summed E-state index contributed by atoms with van der Waals surface area (Å²) in [5, 5.41) is 2.68. The highest BCUT2D eigenvalue weighted by atomic mass is 32.2. The van der Waals surface area contributed by atoms with E-state index in [9.17, 15) is 18.4 Å². The van der Waals surface area contributed by atoms with Gasteiger partial charge in [-0.15, -0.1) is 11.8 Å². The summed E-state index contributed by atoms with van der Waals surface area (Å²) in [4.78, 5) is 28.8. The number of hydrogen-bond acceptors (Lipinski definition) is 3. The van der Waals surface area contributed by atoms with Crippen molar-refractivity contribution in [2.45, 2.75) is 18.3 Å². The van der Waals surface area contributed by atoms with Gasteiger partial charge in [0.05, 0.1) is 12.2 Å². The molecule has 1 spiro atoms. The second-order valence-electron chi connectivity index (χ2n) is 8.13. The number of carbonyl (C=O) groups excluding carboxylic acids is 2. The molecule has 168 valence electrons. The van der Waals surface area contributed by atoms with E-state index in [1.807, 2.05) is 31.2 Å². The van der Waals surface area contributed by atoms with Crippen molar-refractivity contribution in [3.63, 3.8) is 0 Å². The average molecular weight is 466 g/mol. The zero-order chi connectivity index (χ0) is 23.2. The van der Waals surface area contributed by atoms with Crippen LogP contribution in [0.4, 0.5) is 25.0 Å². The summed E-state index contributed by atoms with van der Waals surface area (Å²) in [6.45, 7) is 2.58. The Balaban J connectivity index is 1.54. The summed E-state index contributed by atoms with van der Waals surface area (Å²) in [6.07, 6.45) is 0. The number of nitrogens with one attached hydrogen (secondary N) is 1. The topological polar surface area (TPSA) is 52.7 Å². The summed E-state index contributed by atoms with van der Waals surface area (Å²) >= 11 is 1.31. The molecule has 2 aliphatic rings. The van der Waals surface area contributed by atoms with Gasteiger partial charge in [0.1, 0.15) is 11.6 Å². The number of amides is 3. The molecule has 1 atom stereocenters. The first-order chi connectivity index (χ1) is 15.9. The van der Waals surface area contributed by atoms with Crippen LogP contribution in [-0.4, -0.2) is 29.1 Å². The van der Waals surface area contributed by atoms with Gasteiger partial charge in [-0.25, -0.2) is 13.6 Å². The van der Waals surface area contributed by atoms with Gasteiger partial charge >= 0.3 is 6.03 Å². The Morgan fingerprint density at radius 1 is 1.06 bits per heavy atom. The minimum absolute atomic E-state index is 0.286. The number of nitrogens with zero attached hydrogens (tertiary/aromatic N) is 2. The first-order valence-corrected chi connectivity index (χ1v) is 11.5. The third-order valence-electron chi connectivity index (χ3n) is 5.90. The molecule has 5 rings (SSSR count). The first kappa shape index (κ1) is 21.5. The molecule has 0 aromatic heterocycles. The highest BCUT2D eigenvalue weighted by molar-refractivity contribution is 8.01. The van der Waals surface area contributed by atoms with Gasteiger partial charge in [0.25, 0.3) is 5.91 Å². The number of benzene rings is 3. The Morgan fingerprint density at radius 2 is 1.85 bits per heavy atom. The molecule has 3 aromatic rings. The smallest absolute Gasteiger partial charge is 0.308 e. The van der Waals surface area contributed by atoms with Crippen LogP contribution in [0.3, 0.4) is 0 Å². The fraction of sp³-hybridized carbons (Fsp3) is 0.200. The maximum Gasteiger partial charge on any atom is 0.323 e. The molecule has 1 N–H and O–H groups in total. The molecule has 0 unspecified atom stereocenters. The third kappa shape index (κ3) is 3.64. The van der Waals surface area contributed by atoms with Crippen molar-refractivity contribution < 1.29 is 18.4 Å². The highest BCUT2D eigenvalue weighted by Crippen LogP contribution is 2.54. The van der Waals surface area contributed by atoms with Gasteiger partial charge < -0.3 is 10.2 Å². The van der Waals surface area contributed by atoms with E-state index in [2.05, 4.69) is 5.32 Å². The first-order valence-electron chi connectivity index (χ1n) is 10.5. The third-order valence-corrected chi connectivity index (χ3v) is 7.32. The Labute approximate surface area is 194 Å². The number of carbonyl (C=O) groups is 2. The molecule has 3 aromatic carbocycles. The van der Waals surface area contributed by atoms with Gasteiger partial charge in [-0.2, -0.15) is 0 Å². The van der Waals surface area contributed by atoms with Crippen molar-refractivity contribution in [2.75, 3.05) is 22.5 Å². The van der Waals surface area contributed by atoms with Crippen molar-refractivity contribution in [3.8, 4) is 0 Å². The molecule has 0 bridgehead atoms. The quantitative estimate of drug-likeness (QED) is 0.575. The SMILES string of the molecule is Cc1cccc(CN2C(=O)[C@@]3(SCCN3C(=O)Nc3cccc(F)c3)c3cc(F)ccc32)c1. The molecular weight excluding hydrogens is 444 g/mol. The van der Waals surface area contributed by atoms with Crippen molar-refractivity contribution in [1.82, 2.24) is 4.90 Å². The number of hydrogen-bond donors (Lipinski definition) is 1. The van der Waals surface area contributed by atoms with Crippen molar-refractivity contribution in [3.05, 3.63) is 95.1 Å². The largest absolute Gasteiger partial charge is 0.323 e. The maximum absolute atomic E-state index is 14.4. The molecule has 1 fully saturated rings. The number of anilines is 2. The van der Waals surface area contributed by atoms with E-state index in [-0.39, 0.29) is 11.6 Å². The van der Waals surface area contributed by atoms with Crippen LogP contribution < -0.4 is 10.2 Å². The van der Waals surface area contributed by atoms with Crippen LogP contribution >= 0.6 is 11.8 Å². The van der Waals surface area contributed by atoms with Gasteiger partial charge in [-0.1, -0.05) is 35.9 Å². The predicted octanol–water partition coefficient (Wildman–Crippen LogP) is 5.25. The van der Waals surface area contributed by atoms with Crippen molar-refractivity contribution >= 4 is 35.1 Å². The second kappa shape index (κ2) is 8.19. The van der Waals surface area contributed by atoms with E-state index in [4.69, 9.17) is 0 Å². The fourth-order valence-electron chi connectivity index (χ4n) is 4.49. The molecule has 3 amide bonds. The van der Waals surface area contributed by atoms with Crippen LogP contribution in [0, 0.1) is 18.6 Å². The predicted molar refractivity (Wildman–Crippen MR) is 125 cm³/mol. The van der Waals surface area contributed by atoms with E-state index in [0.717, 1.165) is 11.1 Å². The summed E-state index contributed by atoms with van der Waals surface area (Å²) in [6, 6.07) is 17.1. The number of urea groups is 1. The zero-order valence-electron chi connectivity index (χ0n) is 17.8. The minimum Gasteiger partial charge on any atom is -0.308 e. The Morgan fingerprint density at radius 3 is 2.64 bits per heavy atom. The number of aryl methyl sites for hydroxylation is 1. The van der Waals surface area contributed by atoms with Crippen molar-refractivity contribution in [2.24, 2.45) is 0 Å². The molecule has 2 heterocycles. The summed E-state index contributed by atoms with van der Waals surface area (Å²) in [5.74, 6) is -0.735. The molecule has 5 nitrogen and oxygen atoms in total. The number of fused-ring (bicyclic) bond motifs is 2. The Hall–Kier alpha value is -3.39. The molecule has 33 heavy (non-hydrogen) atoms. The Bertz CT molecular complexity index is 1270. The lowest BCUT2D eigenvalue weighted by Gasteiger charge is -2.33. The lowest BCUT2D eigenvalue weighted by molar-refractivity contribution is -0.123. The fourth-order valence-corrected chi connectivity index (χ4v) is 5.95. The molecule has 8 heteroatoms. The molecule has 0 saturated carbocycles. The van der Waals surface area contributed by atoms with Gasteiger partial charge in [0.15, 0.2) is 4.87 Å². The minimum atomic E-state index is -1.38. The van der Waals surface area contributed by atoms with Crippen LogP contribution in [-0.2, 0) is 16.2 Å². The molecule has 0 aliphatic carbocycles. The second-order valence-corrected chi connectivity index (χ2v) is 9.41. The van der Waals surface area contributed by atoms with E-state index in [1.165, 1.54) is 47.0 Å². The van der Waals surface area contributed by atoms with E-state index in [1.54, 1.807) is 17.0 Å². The summed E-state index contributed by atoms with van der Waals surface area (Å²) in [7, 11) is 0. The summed E-state index contributed by atoms with van der Waals surface area (Å²) in [5.41, 5.74) is 3.33. The monoisotopic (exact) mass is 465 g/mol. The van der Waals surface area contributed by atoms with E-state index >= 15 is 0 Å². The van der Waals surface area contributed by atoms with Crippen LogP contribution in [0.2, 0.25) is 0 Å². The highest BCUT2D eigenvalue weighted by Gasteiger charge is 2.59. The average Bonchev–Trinajstić information content (AvgIpc) is 3.31. The lowest BCUT2D eigenvalue weighted by Crippen LogP contribution is -2.51. The Kier molecular flexibility index (Phi) is 5.32. The molecule has 0 radical (unpaired) electrons. The van der Waals surface area contributed by atoms with E-state index < -0.39 is 22.5 Å². The number of halogens is 2. The van der Waals surface area contributed by atoms with Crippen LogP contribution in [0.1, 0.15) is 16.7 Å². The van der Waals surface area contributed by atoms with Gasteiger partial charge in [0, 0.05) is 23.5 Å². The molecular formula is C25H21F2N3O2S. The van der Waals surface area contributed by atoms with Crippen LogP contribution in [0.5, 0.6) is 0 Å². The maximum atomic E-state index is 14.4. The molecule has 1 saturated heterocycles. The number of thioether (sulfide) groups is 1. The van der Waals surface area contributed by atoms with Crippen molar-refractivity contribution in [1.29, 1.82) is 0 Å². The van der Waals surface area contributed by atoms with Gasteiger partial charge in [-0.05, 0) is 48.9 Å². The van der Waals surface area contributed by atoms with Crippen LogP contribution in [0.25, 0.3) is 0 Å². The normalized spacial score (nSPS) is 19.3. The van der Waals surface area contributed by atoms with E-state index in [0.29, 0.717) is 30.1 Å². The lowest BCUT2D eigenvalue weighted by atomic mass is 10.1. The van der Waals surface area contributed by atoms with Gasteiger partial charge in [0.2, 0.25) is 0 Å². The van der Waals surface area contributed by atoms with Crippen LogP contribution in [0.15, 0.2) is 66.7 Å². The summed E-state index contributed by atoms with van der Waals surface area (Å²) < 4.78 is 28.0. The standard InChI is InChI=1S/C25H21F2N3O2S/c1-16-4-2-5-17(12-16)15-29-22-9-8-19(27)14-21(22)25(23(29)31)30(10-11-33-25)24(32)28-20-7-3-6-18(26)13-20/h2-9,12-14H,10-11,15H2,1H3,(H,28,32)/t25-/m0/s1. The van der Waals surface area contributed by atoms with Gasteiger partial charge in [-0.3, -0.25) is 9.69 Å². The number of rotatable bonds is 3.